The summed E-state index contributed by atoms with van der Waals surface area (Å²) >= 11 is 6.27. The molecule has 29 heavy (non-hydrogen) atoms. The fraction of sp³-hybridized carbons (Fsp3) is 0.217. The summed E-state index contributed by atoms with van der Waals surface area (Å²) < 4.78 is 11.1. The molecule has 5 nitrogen and oxygen atoms in total. The van der Waals surface area contributed by atoms with E-state index in [2.05, 4.69) is 10.5 Å². The number of hydrogen-bond donors (Lipinski definition) is 1. The van der Waals surface area contributed by atoms with E-state index in [1.54, 1.807) is 18.2 Å². The van der Waals surface area contributed by atoms with E-state index < -0.39 is 0 Å². The van der Waals surface area contributed by atoms with Crippen LogP contribution >= 0.6 is 11.6 Å². The van der Waals surface area contributed by atoms with Gasteiger partial charge in [0.05, 0.1) is 30.0 Å². The van der Waals surface area contributed by atoms with Crippen LogP contribution in [0.3, 0.4) is 0 Å². The van der Waals surface area contributed by atoms with Gasteiger partial charge in [-0.3, -0.25) is 4.79 Å². The minimum absolute atomic E-state index is 0.0863. The van der Waals surface area contributed by atoms with Crippen LogP contribution in [0.2, 0.25) is 5.02 Å². The SMILES string of the molecule is CC[C@@H](C)Oc1ccc(/C=N\NC(=O)c2cc3ccccc3cc2OC)cc1Cl. The highest BCUT2D eigenvalue weighted by Gasteiger charge is 2.13. The second-order valence-electron chi connectivity index (χ2n) is 6.63. The van der Waals surface area contributed by atoms with E-state index >= 15 is 0 Å². The third-order valence-corrected chi connectivity index (χ3v) is 4.85. The molecule has 150 valence electrons. The zero-order chi connectivity index (χ0) is 20.8. The molecule has 1 atom stereocenters. The fourth-order valence-corrected chi connectivity index (χ4v) is 3.02. The van der Waals surface area contributed by atoms with Crippen LogP contribution in [0.25, 0.3) is 10.8 Å². The molecule has 0 unspecified atom stereocenters. The Labute approximate surface area is 175 Å². The van der Waals surface area contributed by atoms with E-state index in [1.165, 1.54) is 13.3 Å². The number of nitrogens with zero attached hydrogens (tertiary/aromatic N) is 1. The van der Waals surface area contributed by atoms with Crippen LogP contribution in [-0.4, -0.2) is 25.3 Å². The average Bonchev–Trinajstić information content (AvgIpc) is 2.74. The Morgan fingerprint density at radius 1 is 1.14 bits per heavy atom. The molecule has 0 bridgehead atoms. The molecule has 1 amide bonds. The molecule has 0 aromatic heterocycles. The molecule has 0 aliphatic carbocycles. The Bertz CT molecular complexity index is 1050. The van der Waals surface area contributed by atoms with Gasteiger partial charge in [0.15, 0.2) is 0 Å². The molecule has 0 spiro atoms. The smallest absolute Gasteiger partial charge is 0.275 e. The highest BCUT2D eigenvalue weighted by molar-refractivity contribution is 6.32. The lowest BCUT2D eigenvalue weighted by atomic mass is 10.1. The van der Waals surface area contributed by atoms with Crippen molar-refractivity contribution in [3.05, 3.63) is 70.7 Å². The Morgan fingerprint density at radius 3 is 2.52 bits per heavy atom. The number of fused-ring (bicyclic) bond motifs is 1. The molecule has 0 saturated carbocycles. The topological polar surface area (TPSA) is 59.9 Å². The van der Waals surface area contributed by atoms with Crippen molar-refractivity contribution in [1.82, 2.24) is 5.43 Å². The summed E-state index contributed by atoms with van der Waals surface area (Å²) in [6.45, 7) is 4.04. The van der Waals surface area contributed by atoms with Gasteiger partial charge in [-0.25, -0.2) is 5.43 Å². The van der Waals surface area contributed by atoms with Crippen molar-refractivity contribution in [1.29, 1.82) is 0 Å². The van der Waals surface area contributed by atoms with Crippen molar-refractivity contribution in [2.24, 2.45) is 5.10 Å². The van der Waals surface area contributed by atoms with Crippen LogP contribution in [0.4, 0.5) is 0 Å². The van der Waals surface area contributed by atoms with Crippen LogP contribution in [-0.2, 0) is 0 Å². The zero-order valence-electron chi connectivity index (χ0n) is 16.6. The Morgan fingerprint density at radius 2 is 1.86 bits per heavy atom. The van der Waals surface area contributed by atoms with Gasteiger partial charge in [-0.1, -0.05) is 42.8 Å². The molecule has 6 heteroatoms. The second kappa shape index (κ2) is 9.43. The number of halogens is 1. The quantitative estimate of drug-likeness (QED) is 0.416. The van der Waals surface area contributed by atoms with Gasteiger partial charge in [0.25, 0.3) is 5.91 Å². The molecule has 0 saturated heterocycles. The maximum absolute atomic E-state index is 12.6. The standard InChI is InChI=1S/C23H23ClN2O3/c1-4-15(2)29-21-10-9-16(11-20(21)24)14-25-26-23(27)19-12-17-7-5-6-8-18(17)13-22(19)28-3/h5-15H,4H2,1-3H3,(H,26,27)/b25-14-/t15-/m1/s1. The average molecular weight is 411 g/mol. The predicted octanol–water partition coefficient (Wildman–Crippen LogP) is 5.44. The molecule has 0 fully saturated rings. The highest BCUT2D eigenvalue weighted by Crippen LogP contribution is 2.27. The first-order valence-corrected chi connectivity index (χ1v) is 9.76. The van der Waals surface area contributed by atoms with Gasteiger partial charge < -0.3 is 9.47 Å². The lowest BCUT2D eigenvalue weighted by Gasteiger charge is -2.13. The van der Waals surface area contributed by atoms with Crippen molar-refractivity contribution < 1.29 is 14.3 Å². The van der Waals surface area contributed by atoms with Crippen molar-refractivity contribution in [2.45, 2.75) is 26.4 Å². The second-order valence-corrected chi connectivity index (χ2v) is 7.03. The summed E-state index contributed by atoms with van der Waals surface area (Å²) in [5.41, 5.74) is 3.70. The Balaban J connectivity index is 1.73. The van der Waals surface area contributed by atoms with Crippen LogP contribution in [0.1, 0.15) is 36.2 Å². The predicted molar refractivity (Wildman–Crippen MR) is 117 cm³/mol. The molecule has 0 radical (unpaired) electrons. The minimum atomic E-state index is -0.355. The molecular weight excluding hydrogens is 388 g/mol. The Hall–Kier alpha value is -3.05. The van der Waals surface area contributed by atoms with E-state index in [0.717, 1.165) is 22.8 Å². The normalized spacial score (nSPS) is 12.1. The maximum atomic E-state index is 12.6. The first-order valence-electron chi connectivity index (χ1n) is 9.38. The maximum Gasteiger partial charge on any atom is 0.275 e. The summed E-state index contributed by atoms with van der Waals surface area (Å²) in [5.74, 6) is 0.765. The number of carbonyl (C=O) groups excluding carboxylic acids is 1. The number of amides is 1. The van der Waals surface area contributed by atoms with E-state index in [0.29, 0.717) is 22.1 Å². The lowest BCUT2D eigenvalue weighted by Crippen LogP contribution is -2.18. The van der Waals surface area contributed by atoms with E-state index in [4.69, 9.17) is 21.1 Å². The van der Waals surface area contributed by atoms with Crippen molar-refractivity contribution >= 4 is 34.5 Å². The number of methoxy groups -OCH3 is 1. The summed E-state index contributed by atoms with van der Waals surface area (Å²) in [6, 6.07) is 16.8. The summed E-state index contributed by atoms with van der Waals surface area (Å²) in [4.78, 5) is 12.6. The van der Waals surface area contributed by atoms with Crippen LogP contribution in [0.5, 0.6) is 11.5 Å². The molecule has 0 heterocycles. The van der Waals surface area contributed by atoms with Crippen molar-refractivity contribution in [3.8, 4) is 11.5 Å². The molecule has 1 N–H and O–H groups in total. The first kappa shape index (κ1) is 20.7. The number of ether oxygens (including phenoxy) is 2. The third-order valence-electron chi connectivity index (χ3n) is 4.55. The van der Waals surface area contributed by atoms with Gasteiger partial charge in [0, 0.05) is 0 Å². The van der Waals surface area contributed by atoms with E-state index in [9.17, 15) is 4.79 Å². The Kier molecular flexibility index (Phi) is 6.73. The van der Waals surface area contributed by atoms with Crippen LogP contribution < -0.4 is 14.9 Å². The largest absolute Gasteiger partial charge is 0.496 e. The monoisotopic (exact) mass is 410 g/mol. The van der Waals surface area contributed by atoms with Crippen molar-refractivity contribution in [3.63, 3.8) is 0 Å². The molecular formula is C23H23ClN2O3. The number of hydrogen-bond acceptors (Lipinski definition) is 4. The minimum Gasteiger partial charge on any atom is -0.496 e. The molecule has 3 aromatic carbocycles. The highest BCUT2D eigenvalue weighted by atomic mass is 35.5. The summed E-state index contributed by atoms with van der Waals surface area (Å²) in [6.07, 6.45) is 2.51. The van der Waals surface area contributed by atoms with Gasteiger partial charge in [-0.05, 0) is 60.0 Å². The summed E-state index contributed by atoms with van der Waals surface area (Å²) in [5, 5.41) is 6.49. The van der Waals surface area contributed by atoms with Gasteiger partial charge >= 0.3 is 0 Å². The molecule has 3 rings (SSSR count). The van der Waals surface area contributed by atoms with E-state index in [1.807, 2.05) is 50.2 Å². The molecule has 3 aromatic rings. The summed E-state index contributed by atoms with van der Waals surface area (Å²) in [7, 11) is 1.54. The van der Waals surface area contributed by atoms with E-state index in [-0.39, 0.29) is 12.0 Å². The van der Waals surface area contributed by atoms with Gasteiger partial charge in [-0.15, -0.1) is 0 Å². The molecule has 0 aliphatic heterocycles. The number of rotatable bonds is 7. The van der Waals surface area contributed by atoms with Crippen LogP contribution in [0, 0.1) is 0 Å². The fourth-order valence-electron chi connectivity index (χ4n) is 2.78. The number of hydrazone groups is 1. The number of nitrogens with one attached hydrogen (secondary N) is 1. The number of benzene rings is 3. The first-order chi connectivity index (χ1) is 14.0. The molecule has 0 aliphatic rings. The van der Waals surface area contributed by atoms with Crippen LogP contribution in [0.15, 0.2) is 59.7 Å². The zero-order valence-corrected chi connectivity index (χ0v) is 17.4. The number of carbonyl (C=O) groups is 1. The third kappa shape index (κ3) is 5.06. The van der Waals surface area contributed by atoms with Crippen molar-refractivity contribution in [2.75, 3.05) is 7.11 Å². The van der Waals surface area contributed by atoms with Gasteiger partial charge in [0.2, 0.25) is 0 Å². The van der Waals surface area contributed by atoms with Gasteiger partial charge in [-0.2, -0.15) is 5.10 Å². The lowest BCUT2D eigenvalue weighted by molar-refractivity contribution is 0.0952. The van der Waals surface area contributed by atoms with Gasteiger partial charge in [0.1, 0.15) is 11.5 Å².